The Labute approximate surface area is 113 Å². The van der Waals surface area contributed by atoms with Gasteiger partial charge in [-0.15, -0.1) is 0 Å². The van der Waals surface area contributed by atoms with E-state index in [0.29, 0.717) is 18.5 Å². The lowest BCUT2D eigenvalue weighted by Crippen LogP contribution is -2.29. The van der Waals surface area contributed by atoms with Gasteiger partial charge in [-0.05, 0) is 42.5 Å². The summed E-state index contributed by atoms with van der Waals surface area (Å²) < 4.78 is 13.4. The van der Waals surface area contributed by atoms with Crippen molar-refractivity contribution in [2.45, 2.75) is 39.3 Å². The Balaban J connectivity index is 2.14. The minimum atomic E-state index is -1.08. The highest BCUT2D eigenvalue weighted by Crippen LogP contribution is 2.29. The van der Waals surface area contributed by atoms with E-state index in [4.69, 9.17) is 5.11 Å². The van der Waals surface area contributed by atoms with Crippen molar-refractivity contribution in [3.63, 3.8) is 0 Å². The van der Waals surface area contributed by atoms with Crippen molar-refractivity contribution < 1.29 is 14.3 Å². The number of carboxylic acid groups (broad SMARTS) is 1. The molecule has 104 valence electrons. The average molecular weight is 265 g/mol. The third kappa shape index (κ3) is 4.03. The fourth-order valence-electron chi connectivity index (χ4n) is 2.35. The van der Waals surface area contributed by atoms with Gasteiger partial charge in [-0.3, -0.25) is 4.90 Å². The molecule has 0 radical (unpaired) electrons. The monoisotopic (exact) mass is 265 g/mol. The highest BCUT2D eigenvalue weighted by atomic mass is 19.1. The second kappa shape index (κ2) is 5.70. The van der Waals surface area contributed by atoms with Gasteiger partial charge >= 0.3 is 5.97 Å². The molecule has 2 rings (SSSR count). The standard InChI is InChI=1S/C15H20FNO2/c1-10(2)8-17(14-3-4-14)9-11-5-12(15(18)19)7-13(16)6-11/h5-7,10,14H,3-4,8-9H2,1-2H3,(H,18,19). The molecule has 4 heteroatoms. The Bertz CT molecular complexity index is 469. The lowest BCUT2D eigenvalue weighted by Gasteiger charge is -2.24. The Morgan fingerprint density at radius 3 is 2.63 bits per heavy atom. The van der Waals surface area contributed by atoms with Crippen LogP contribution in [0.15, 0.2) is 18.2 Å². The van der Waals surface area contributed by atoms with E-state index in [9.17, 15) is 9.18 Å². The first-order chi connectivity index (χ1) is 8.95. The molecule has 1 aromatic carbocycles. The van der Waals surface area contributed by atoms with E-state index in [1.165, 1.54) is 18.9 Å². The van der Waals surface area contributed by atoms with Crippen LogP contribution in [0.5, 0.6) is 0 Å². The highest BCUT2D eigenvalue weighted by molar-refractivity contribution is 5.87. The molecule has 1 aliphatic carbocycles. The lowest BCUT2D eigenvalue weighted by atomic mass is 10.1. The van der Waals surface area contributed by atoms with Gasteiger partial charge in [-0.25, -0.2) is 9.18 Å². The number of hydrogen-bond donors (Lipinski definition) is 1. The van der Waals surface area contributed by atoms with Gasteiger partial charge in [0.05, 0.1) is 5.56 Å². The minimum absolute atomic E-state index is 0.0234. The molecule has 1 fully saturated rings. The first kappa shape index (κ1) is 14.0. The van der Waals surface area contributed by atoms with Gasteiger partial charge in [0.15, 0.2) is 0 Å². The first-order valence-electron chi connectivity index (χ1n) is 6.72. The molecule has 3 nitrogen and oxygen atoms in total. The third-order valence-corrected chi connectivity index (χ3v) is 3.25. The van der Waals surface area contributed by atoms with Crippen LogP contribution in [0.4, 0.5) is 4.39 Å². The van der Waals surface area contributed by atoms with E-state index in [2.05, 4.69) is 18.7 Å². The fourth-order valence-corrected chi connectivity index (χ4v) is 2.35. The predicted octanol–water partition coefficient (Wildman–Crippen LogP) is 3.14. The molecule has 0 unspecified atom stereocenters. The third-order valence-electron chi connectivity index (χ3n) is 3.25. The fraction of sp³-hybridized carbons (Fsp3) is 0.533. The molecule has 0 aromatic heterocycles. The Kier molecular flexibility index (Phi) is 4.20. The van der Waals surface area contributed by atoms with Crippen LogP contribution in [0.1, 0.15) is 42.6 Å². The van der Waals surface area contributed by atoms with E-state index in [1.807, 2.05) is 0 Å². The van der Waals surface area contributed by atoms with Gasteiger partial charge in [0.2, 0.25) is 0 Å². The number of rotatable bonds is 6. The summed E-state index contributed by atoms with van der Waals surface area (Å²) in [4.78, 5) is 13.3. The van der Waals surface area contributed by atoms with Crippen LogP contribution in [0.2, 0.25) is 0 Å². The second-order valence-electron chi connectivity index (χ2n) is 5.71. The van der Waals surface area contributed by atoms with Gasteiger partial charge in [0.25, 0.3) is 0 Å². The van der Waals surface area contributed by atoms with E-state index in [-0.39, 0.29) is 5.56 Å². The quantitative estimate of drug-likeness (QED) is 0.859. The Morgan fingerprint density at radius 2 is 2.11 bits per heavy atom. The van der Waals surface area contributed by atoms with Crippen molar-refractivity contribution in [3.05, 3.63) is 35.1 Å². The molecule has 0 heterocycles. The zero-order valence-corrected chi connectivity index (χ0v) is 11.4. The maximum atomic E-state index is 13.4. The van der Waals surface area contributed by atoms with Crippen LogP contribution >= 0.6 is 0 Å². The first-order valence-corrected chi connectivity index (χ1v) is 6.72. The molecule has 0 bridgehead atoms. The molecule has 0 atom stereocenters. The minimum Gasteiger partial charge on any atom is -0.478 e. The molecule has 19 heavy (non-hydrogen) atoms. The molecule has 0 spiro atoms. The van der Waals surface area contributed by atoms with Crippen LogP contribution in [0.25, 0.3) is 0 Å². The van der Waals surface area contributed by atoms with E-state index < -0.39 is 11.8 Å². The summed E-state index contributed by atoms with van der Waals surface area (Å²) in [6, 6.07) is 4.65. The largest absolute Gasteiger partial charge is 0.478 e. The number of nitrogens with zero attached hydrogens (tertiary/aromatic N) is 1. The van der Waals surface area contributed by atoms with Crippen molar-refractivity contribution >= 4 is 5.97 Å². The van der Waals surface area contributed by atoms with Crippen LogP contribution in [0.3, 0.4) is 0 Å². The smallest absolute Gasteiger partial charge is 0.335 e. The van der Waals surface area contributed by atoms with E-state index in [0.717, 1.165) is 18.2 Å². The topological polar surface area (TPSA) is 40.5 Å². The number of halogens is 1. The highest BCUT2D eigenvalue weighted by Gasteiger charge is 2.29. The number of hydrogen-bond acceptors (Lipinski definition) is 2. The van der Waals surface area contributed by atoms with Crippen molar-refractivity contribution in [3.8, 4) is 0 Å². The summed E-state index contributed by atoms with van der Waals surface area (Å²) in [6.07, 6.45) is 2.38. The van der Waals surface area contributed by atoms with Gasteiger partial charge in [0, 0.05) is 19.1 Å². The summed E-state index contributed by atoms with van der Waals surface area (Å²) >= 11 is 0. The van der Waals surface area contributed by atoms with Crippen molar-refractivity contribution in [2.75, 3.05) is 6.54 Å². The summed E-state index contributed by atoms with van der Waals surface area (Å²) in [5.41, 5.74) is 0.764. The Morgan fingerprint density at radius 1 is 1.42 bits per heavy atom. The molecular formula is C15H20FNO2. The maximum absolute atomic E-state index is 13.4. The second-order valence-corrected chi connectivity index (χ2v) is 5.71. The molecule has 0 aliphatic heterocycles. The summed E-state index contributed by atoms with van der Waals surface area (Å²) in [5, 5.41) is 8.95. The normalized spacial score (nSPS) is 15.2. The number of aromatic carboxylic acids is 1. The molecule has 0 saturated heterocycles. The van der Waals surface area contributed by atoms with Crippen molar-refractivity contribution in [1.82, 2.24) is 4.90 Å². The zero-order valence-electron chi connectivity index (χ0n) is 11.4. The molecule has 0 amide bonds. The van der Waals surface area contributed by atoms with Crippen molar-refractivity contribution in [1.29, 1.82) is 0 Å². The zero-order chi connectivity index (χ0) is 14.0. The SMILES string of the molecule is CC(C)CN(Cc1cc(F)cc(C(=O)O)c1)C1CC1. The summed E-state index contributed by atoms with van der Waals surface area (Å²) in [7, 11) is 0. The summed E-state index contributed by atoms with van der Waals surface area (Å²) in [6.45, 7) is 5.90. The van der Waals surface area contributed by atoms with Crippen LogP contribution < -0.4 is 0 Å². The van der Waals surface area contributed by atoms with Crippen molar-refractivity contribution in [2.24, 2.45) is 5.92 Å². The van der Waals surface area contributed by atoms with E-state index >= 15 is 0 Å². The Hall–Kier alpha value is -1.42. The number of benzene rings is 1. The molecule has 1 saturated carbocycles. The van der Waals surface area contributed by atoms with Crippen LogP contribution in [-0.4, -0.2) is 28.6 Å². The molecule has 1 aromatic rings. The van der Waals surface area contributed by atoms with Gasteiger partial charge in [-0.2, -0.15) is 0 Å². The molecule has 1 aliphatic rings. The predicted molar refractivity (Wildman–Crippen MR) is 71.6 cm³/mol. The number of carbonyl (C=O) groups is 1. The van der Waals surface area contributed by atoms with Crippen LogP contribution in [0, 0.1) is 11.7 Å². The lowest BCUT2D eigenvalue weighted by molar-refractivity contribution is 0.0696. The molecular weight excluding hydrogens is 245 g/mol. The number of carboxylic acids is 1. The van der Waals surface area contributed by atoms with Gasteiger partial charge in [0.1, 0.15) is 5.82 Å². The van der Waals surface area contributed by atoms with Crippen LogP contribution in [-0.2, 0) is 6.54 Å². The van der Waals surface area contributed by atoms with Gasteiger partial charge < -0.3 is 5.11 Å². The maximum Gasteiger partial charge on any atom is 0.335 e. The molecule has 1 N–H and O–H groups in total. The van der Waals surface area contributed by atoms with E-state index in [1.54, 1.807) is 6.07 Å². The van der Waals surface area contributed by atoms with Gasteiger partial charge in [-0.1, -0.05) is 13.8 Å². The average Bonchev–Trinajstić information content (AvgIpc) is 3.10. The summed E-state index contributed by atoms with van der Waals surface area (Å²) in [5.74, 6) is -1.01.